The molecule has 0 spiro atoms. The van der Waals surface area contributed by atoms with Crippen LogP contribution in [0, 0.1) is 0 Å². The molecule has 6 nitrogen and oxygen atoms in total. The Morgan fingerprint density at radius 2 is 1.68 bits per heavy atom. The Hall–Kier alpha value is -2.65. The van der Waals surface area contributed by atoms with Crippen molar-refractivity contribution in [1.29, 1.82) is 0 Å². The Labute approximate surface area is 185 Å². The molecule has 0 atom stereocenters. The number of hydrogen-bond donors (Lipinski definition) is 1. The van der Waals surface area contributed by atoms with Crippen molar-refractivity contribution in [2.45, 2.75) is 12.7 Å². The number of alkyl halides is 3. The van der Waals surface area contributed by atoms with E-state index in [0.29, 0.717) is 18.0 Å². The summed E-state index contributed by atoms with van der Waals surface area (Å²) in [7, 11) is 2.99. The molecule has 0 radical (unpaired) electrons. The Morgan fingerprint density at radius 1 is 1.03 bits per heavy atom. The van der Waals surface area contributed by atoms with Crippen LogP contribution in [0.2, 0.25) is 0 Å². The highest BCUT2D eigenvalue weighted by Crippen LogP contribution is 2.31. The number of nitrogens with zero attached hydrogens (tertiary/aromatic N) is 2. The third kappa shape index (κ3) is 6.41. The van der Waals surface area contributed by atoms with Crippen LogP contribution in [0.3, 0.4) is 0 Å². The van der Waals surface area contributed by atoms with E-state index in [1.54, 1.807) is 6.07 Å². The van der Waals surface area contributed by atoms with E-state index in [9.17, 15) is 18.0 Å². The number of nitrogens with one attached hydrogen (secondary N) is 1. The standard InChI is InChI=1S/C21H24F3N3O3.ClH/c1-25-20(28)30-18-8-3-15(13-19(18)29-2)14-26-9-11-27(12-10-26)17-6-4-16(5-7-17)21(22,23)24;/h3-8,13H,9-12,14H2,1-2H3,(H,25,28);1H. The molecule has 1 aliphatic heterocycles. The Balaban J connectivity index is 0.00000341. The molecule has 31 heavy (non-hydrogen) atoms. The van der Waals surface area contributed by atoms with E-state index < -0.39 is 17.8 Å². The number of halogens is 4. The zero-order chi connectivity index (χ0) is 21.7. The number of rotatable bonds is 5. The quantitative estimate of drug-likeness (QED) is 0.727. The van der Waals surface area contributed by atoms with E-state index >= 15 is 0 Å². The average molecular weight is 460 g/mol. The van der Waals surface area contributed by atoms with Crippen LogP contribution < -0.4 is 19.7 Å². The van der Waals surface area contributed by atoms with Crippen LogP contribution in [0.4, 0.5) is 23.7 Å². The van der Waals surface area contributed by atoms with E-state index in [1.165, 1.54) is 26.3 Å². The van der Waals surface area contributed by atoms with Gasteiger partial charge in [-0.05, 0) is 42.0 Å². The smallest absolute Gasteiger partial charge is 0.416 e. The maximum absolute atomic E-state index is 12.7. The van der Waals surface area contributed by atoms with Crippen molar-refractivity contribution in [3.05, 3.63) is 53.6 Å². The monoisotopic (exact) mass is 459 g/mol. The first-order valence-corrected chi connectivity index (χ1v) is 9.51. The molecule has 1 aliphatic rings. The Bertz CT molecular complexity index is 870. The molecule has 2 aromatic rings. The number of carbonyl (C=O) groups excluding carboxylic acids is 1. The van der Waals surface area contributed by atoms with Gasteiger partial charge in [-0.15, -0.1) is 12.4 Å². The minimum atomic E-state index is -4.32. The first kappa shape index (κ1) is 24.6. The number of methoxy groups -OCH3 is 1. The number of carbonyl (C=O) groups is 1. The second-order valence-corrected chi connectivity index (χ2v) is 6.93. The molecule has 170 valence electrons. The maximum Gasteiger partial charge on any atom is 0.416 e. The number of anilines is 1. The number of piperazine rings is 1. The summed E-state index contributed by atoms with van der Waals surface area (Å²) in [6, 6.07) is 10.7. The minimum Gasteiger partial charge on any atom is -0.493 e. The highest BCUT2D eigenvalue weighted by atomic mass is 35.5. The van der Waals surface area contributed by atoms with E-state index in [-0.39, 0.29) is 12.4 Å². The molecule has 0 aromatic heterocycles. The van der Waals surface area contributed by atoms with Gasteiger partial charge in [0.05, 0.1) is 12.7 Å². The molecule has 2 aromatic carbocycles. The zero-order valence-electron chi connectivity index (χ0n) is 17.2. The summed E-state index contributed by atoms with van der Waals surface area (Å²) in [5.74, 6) is 0.812. The van der Waals surface area contributed by atoms with Crippen molar-refractivity contribution in [2.75, 3.05) is 45.2 Å². The van der Waals surface area contributed by atoms with Gasteiger partial charge in [-0.1, -0.05) is 6.07 Å². The number of amides is 1. The lowest BCUT2D eigenvalue weighted by Crippen LogP contribution is -2.45. The second kappa shape index (κ2) is 10.6. The maximum atomic E-state index is 12.7. The van der Waals surface area contributed by atoms with Crippen LogP contribution in [0.15, 0.2) is 42.5 Å². The van der Waals surface area contributed by atoms with Crippen molar-refractivity contribution < 1.29 is 27.4 Å². The fourth-order valence-corrected chi connectivity index (χ4v) is 3.33. The Morgan fingerprint density at radius 3 is 2.23 bits per heavy atom. The molecule has 0 unspecified atom stereocenters. The molecule has 1 heterocycles. The number of ether oxygens (including phenoxy) is 2. The van der Waals surface area contributed by atoms with Crippen LogP contribution in [0.1, 0.15) is 11.1 Å². The summed E-state index contributed by atoms with van der Waals surface area (Å²) in [6.07, 6.45) is -4.89. The van der Waals surface area contributed by atoms with Crippen molar-refractivity contribution >= 4 is 24.2 Å². The van der Waals surface area contributed by atoms with E-state index in [1.807, 2.05) is 12.1 Å². The predicted molar refractivity (Wildman–Crippen MR) is 114 cm³/mol. The third-order valence-electron chi connectivity index (χ3n) is 4.97. The van der Waals surface area contributed by atoms with E-state index in [2.05, 4.69) is 15.1 Å². The van der Waals surface area contributed by atoms with Crippen LogP contribution in [0.25, 0.3) is 0 Å². The highest BCUT2D eigenvalue weighted by Gasteiger charge is 2.30. The minimum absolute atomic E-state index is 0. The molecular weight excluding hydrogens is 435 g/mol. The molecule has 10 heteroatoms. The molecule has 3 rings (SSSR count). The van der Waals surface area contributed by atoms with Crippen LogP contribution in [-0.2, 0) is 12.7 Å². The van der Waals surface area contributed by atoms with Gasteiger partial charge in [0, 0.05) is 45.5 Å². The lowest BCUT2D eigenvalue weighted by molar-refractivity contribution is -0.137. The molecule has 0 bridgehead atoms. The fourth-order valence-electron chi connectivity index (χ4n) is 3.33. The van der Waals surface area contributed by atoms with Gasteiger partial charge in [0.25, 0.3) is 0 Å². The third-order valence-corrected chi connectivity index (χ3v) is 4.97. The van der Waals surface area contributed by atoms with Gasteiger partial charge in [-0.3, -0.25) is 4.90 Å². The molecule has 1 N–H and O–H groups in total. The summed E-state index contributed by atoms with van der Waals surface area (Å²) in [5.41, 5.74) is 1.17. The van der Waals surface area contributed by atoms with Crippen molar-refractivity contribution in [2.24, 2.45) is 0 Å². The number of benzene rings is 2. The van der Waals surface area contributed by atoms with Gasteiger partial charge in [-0.2, -0.15) is 13.2 Å². The molecule has 1 saturated heterocycles. The molecule has 1 fully saturated rings. The summed E-state index contributed by atoms with van der Waals surface area (Å²) in [4.78, 5) is 15.7. The predicted octanol–water partition coefficient (Wildman–Crippen LogP) is 4.18. The first-order valence-electron chi connectivity index (χ1n) is 9.51. The summed E-state index contributed by atoms with van der Waals surface area (Å²) < 4.78 is 48.6. The largest absolute Gasteiger partial charge is 0.493 e. The van der Waals surface area contributed by atoms with Crippen LogP contribution >= 0.6 is 12.4 Å². The summed E-state index contributed by atoms with van der Waals surface area (Å²) in [6.45, 7) is 3.69. The fraction of sp³-hybridized carbons (Fsp3) is 0.381. The van der Waals surface area contributed by atoms with Crippen LogP contribution in [-0.4, -0.2) is 51.3 Å². The topological polar surface area (TPSA) is 54.0 Å². The molecule has 1 amide bonds. The lowest BCUT2D eigenvalue weighted by Gasteiger charge is -2.36. The van der Waals surface area contributed by atoms with Gasteiger partial charge >= 0.3 is 12.3 Å². The lowest BCUT2D eigenvalue weighted by atomic mass is 10.1. The van der Waals surface area contributed by atoms with Gasteiger partial charge < -0.3 is 19.7 Å². The highest BCUT2D eigenvalue weighted by molar-refractivity contribution is 5.85. The van der Waals surface area contributed by atoms with E-state index in [4.69, 9.17) is 9.47 Å². The summed E-state index contributed by atoms with van der Waals surface area (Å²) in [5, 5.41) is 2.39. The second-order valence-electron chi connectivity index (χ2n) is 6.93. The zero-order valence-corrected chi connectivity index (χ0v) is 18.1. The van der Waals surface area contributed by atoms with Gasteiger partial charge in [-0.25, -0.2) is 4.79 Å². The van der Waals surface area contributed by atoms with Crippen molar-refractivity contribution in [3.8, 4) is 11.5 Å². The van der Waals surface area contributed by atoms with Crippen molar-refractivity contribution in [3.63, 3.8) is 0 Å². The van der Waals surface area contributed by atoms with Gasteiger partial charge in [0.2, 0.25) is 0 Å². The number of hydrogen-bond acceptors (Lipinski definition) is 5. The molecule has 0 saturated carbocycles. The average Bonchev–Trinajstić information content (AvgIpc) is 2.74. The normalized spacial score (nSPS) is 14.5. The Kier molecular flexibility index (Phi) is 8.41. The van der Waals surface area contributed by atoms with Crippen LogP contribution in [0.5, 0.6) is 11.5 Å². The van der Waals surface area contributed by atoms with E-state index in [0.717, 1.165) is 49.6 Å². The first-order chi connectivity index (χ1) is 14.3. The summed E-state index contributed by atoms with van der Waals surface area (Å²) >= 11 is 0. The van der Waals surface area contributed by atoms with Gasteiger partial charge in [0.15, 0.2) is 11.5 Å². The van der Waals surface area contributed by atoms with Gasteiger partial charge in [0.1, 0.15) is 0 Å². The molecular formula is C21H25ClF3N3O3. The SMILES string of the molecule is CNC(=O)Oc1ccc(CN2CCN(c3ccc(C(F)(F)F)cc3)CC2)cc1OC.Cl. The molecule has 0 aliphatic carbocycles. The van der Waals surface area contributed by atoms with Crippen molar-refractivity contribution in [1.82, 2.24) is 10.2 Å².